The van der Waals surface area contributed by atoms with Gasteiger partial charge in [-0.15, -0.1) is 24.0 Å². The molecule has 0 aliphatic carbocycles. The molecule has 1 atom stereocenters. The first-order valence-electron chi connectivity index (χ1n) is 8.80. The molecule has 0 radical (unpaired) electrons. The SMILES string of the molecule is CCNC(=NCc1cccc(-c2ncn[nH]2)c1)NC(C)c1ccccc1.I. The van der Waals surface area contributed by atoms with E-state index in [0.29, 0.717) is 6.54 Å². The van der Waals surface area contributed by atoms with E-state index in [9.17, 15) is 0 Å². The van der Waals surface area contributed by atoms with Crippen molar-refractivity contribution in [1.82, 2.24) is 25.8 Å². The number of aliphatic imine (C=N–C) groups is 1. The molecule has 0 aliphatic rings. The first-order valence-corrected chi connectivity index (χ1v) is 8.80. The van der Waals surface area contributed by atoms with Crippen LogP contribution in [0.3, 0.4) is 0 Å². The average Bonchev–Trinajstić information content (AvgIpc) is 3.22. The van der Waals surface area contributed by atoms with Crippen LogP contribution >= 0.6 is 24.0 Å². The maximum Gasteiger partial charge on any atom is 0.192 e. The topological polar surface area (TPSA) is 78.0 Å². The zero-order chi connectivity index (χ0) is 18.2. The van der Waals surface area contributed by atoms with E-state index in [1.165, 1.54) is 11.9 Å². The van der Waals surface area contributed by atoms with Gasteiger partial charge in [0.25, 0.3) is 0 Å². The molecule has 1 unspecified atom stereocenters. The summed E-state index contributed by atoms with van der Waals surface area (Å²) in [5.41, 5.74) is 3.35. The summed E-state index contributed by atoms with van der Waals surface area (Å²) in [6.07, 6.45) is 1.51. The minimum absolute atomic E-state index is 0. The first kappa shape index (κ1) is 20.9. The third kappa shape index (κ3) is 6.06. The summed E-state index contributed by atoms with van der Waals surface area (Å²) in [7, 11) is 0. The minimum atomic E-state index is 0. The molecule has 0 spiro atoms. The molecule has 3 N–H and O–H groups in total. The molecule has 3 aromatic rings. The Morgan fingerprint density at radius 2 is 1.96 bits per heavy atom. The zero-order valence-corrected chi connectivity index (χ0v) is 17.8. The van der Waals surface area contributed by atoms with Crippen LogP contribution in [0.2, 0.25) is 0 Å². The fraction of sp³-hybridized carbons (Fsp3) is 0.250. The summed E-state index contributed by atoms with van der Waals surface area (Å²) in [4.78, 5) is 8.92. The van der Waals surface area contributed by atoms with Crippen LogP contribution in [0.4, 0.5) is 0 Å². The number of guanidine groups is 1. The lowest BCUT2D eigenvalue weighted by Crippen LogP contribution is -2.38. The highest BCUT2D eigenvalue weighted by atomic mass is 127. The second-order valence-electron chi connectivity index (χ2n) is 6.01. The van der Waals surface area contributed by atoms with Gasteiger partial charge in [-0.3, -0.25) is 5.10 Å². The molecule has 0 aliphatic heterocycles. The molecule has 0 amide bonds. The van der Waals surface area contributed by atoms with E-state index in [4.69, 9.17) is 4.99 Å². The average molecular weight is 476 g/mol. The largest absolute Gasteiger partial charge is 0.357 e. The Labute approximate surface area is 176 Å². The molecule has 3 rings (SSSR count). The number of aromatic amines is 1. The van der Waals surface area contributed by atoms with Crippen LogP contribution in [0, 0.1) is 0 Å². The fourth-order valence-electron chi connectivity index (χ4n) is 2.68. The normalized spacial score (nSPS) is 12.1. The van der Waals surface area contributed by atoms with Gasteiger partial charge in [-0.1, -0.05) is 48.5 Å². The number of halogens is 1. The van der Waals surface area contributed by atoms with Crippen molar-refractivity contribution in [2.45, 2.75) is 26.4 Å². The highest BCUT2D eigenvalue weighted by Crippen LogP contribution is 2.16. The molecule has 6 nitrogen and oxygen atoms in total. The van der Waals surface area contributed by atoms with Gasteiger partial charge in [-0.2, -0.15) is 5.10 Å². The van der Waals surface area contributed by atoms with Crippen LogP contribution in [-0.2, 0) is 6.54 Å². The second kappa shape index (κ2) is 10.7. The van der Waals surface area contributed by atoms with Crippen molar-refractivity contribution in [3.05, 3.63) is 72.1 Å². The van der Waals surface area contributed by atoms with E-state index in [-0.39, 0.29) is 30.0 Å². The number of nitrogens with one attached hydrogen (secondary N) is 3. The summed E-state index contributed by atoms with van der Waals surface area (Å²) in [6, 6.07) is 18.7. The van der Waals surface area contributed by atoms with Crippen LogP contribution in [0.25, 0.3) is 11.4 Å². The molecule has 142 valence electrons. The number of nitrogens with zero attached hydrogens (tertiary/aromatic N) is 3. The third-order valence-corrected chi connectivity index (χ3v) is 4.03. The van der Waals surface area contributed by atoms with Crippen molar-refractivity contribution in [1.29, 1.82) is 0 Å². The Kier molecular flexibility index (Phi) is 8.25. The maximum absolute atomic E-state index is 4.72. The van der Waals surface area contributed by atoms with E-state index in [1.807, 2.05) is 30.3 Å². The van der Waals surface area contributed by atoms with Crippen molar-refractivity contribution in [2.75, 3.05) is 6.54 Å². The minimum Gasteiger partial charge on any atom is -0.357 e. The highest BCUT2D eigenvalue weighted by Gasteiger charge is 2.07. The molecular weight excluding hydrogens is 451 g/mol. The van der Waals surface area contributed by atoms with Gasteiger partial charge >= 0.3 is 0 Å². The smallest absolute Gasteiger partial charge is 0.192 e. The number of hydrogen-bond acceptors (Lipinski definition) is 3. The quantitative estimate of drug-likeness (QED) is 0.287. The van der Waals surface area contributed by atoms with Gasteiger partial charge < -0.3 is 10.6 Å². The molecule has 1 aromatic heterocycles. The van der Waals surface area contributed by atoms with Crippen LogP contribution in [0.15, 0.2) is 65.9 Å². The molecule has 0 saturated heterocycles. The molecule has 0 saturated carbocycles. The van der Waals surface area contributed by atoms with Crippen molar-refractivity contribution in [3.63, 3.8) is 0 Å². The van der Waals surface area contributed by atoms with Gasteiger partial charge in [0.1, 0.15) is 6.33 Å². The molecular formula is C20H25IN6. The van der Waals surface area contributed by atoms with Crippen LogP contribution in [0.5, 0.6) is 0 Å². The Balaban J connectivity index is 0.00000261. The maximum atomic E-state index is 4.72. The Bertz CT molecular complexity index is 833. The van der Waals surface area contributed by atoms with Crippen LogP contribution in [-0.4, -0.2) is 27.7 Å². The van der Waals surface area contributed by atoms with Gasteiger partial charge in [-0.25, -0.2) is 9.98 Å². The molecule has 0 bridgehead atoms. The van der Waals surface area contributed by atoms with Gasteiger partial charge in [0, 0.05) is 12.1 Å². The first-order chi connectivity index (χ1) is 12.8. The molecule has 27 heavy (non-hydrogen) atoms. The van der Waals surface area contributed by atoms with Gasteiger partial charge in [-0.05, 0) is 31.0 Å². The zero-order valence-electron chi connectivity index (χ0n) is 15.5. The predicted molar refractivity (Wildman–Crippen MR) is 120 cm³/mol. The van der Waals surface area contributed by atoms with Crippen molar-refractivity contribution >= 4 is 29.9 Å². The Morgan fingerprint density at radius 1 is 1.15 bits per heavy atom. The lowest BCUT2D eigenvalue weighted by atomic mass is 10.1. The number of aromatic nitrogens is 3. The molecule has 1 heterocycles. The summed E-state index contributed by atoms with van der Waals surface area (Å²) in [5, 5.41) is 13.6. The summed E-state index contributed by atoms with van der Waals surface area (Å²) >= 11 is 0. The van der Waals surface area contributed by atoms with Crippen molar-refractivity contribution in [2.24, 2.45) is 4.99 Å². The number of hydrogen-bond donors (Lipinski definition) is 3. The second-order valence-corrected chi connectivity index (χ2v) is 6.01. The summed E-state index contributed by atoms with van der Waals surface area (Å²) < 4.78 is 0. The fourth-order valence-corrected chi connectivity index (χ4v) is 2.68. The Hall–Kier alpha value is -2.42. The van der Waals surface area contributed by atoms with Gasteiger partial charge in [0.15, 0.2) is 11.8 Å². The third-order valence-electron chi connectivity index (χ3n) is 4.03. The van der Waals surface area contributed by atoms with E-state index >= 15 is 0 Å². The van der Waals surface area contributed by atoms with Gasteiger partial charge in [0.05, 0.1) is 12.6 Å². The van der Waals surface area contributed by atoms with Crippen LogP contribution in [0.1, 0.15) is 31.0 Å². The lowest BCUT2D eigenvalue weighted by Gasteiger charge is -2.18. The van der Waals surface area contributed by atoms with Gasteiger partial charge in [0.2, 0.25) is 0 Å². The highest BCUT2D eigenvalue weighted by molar-refractivity contribution is 14.0. The molecule has 2 aromatic carbocycles. The van der Waals surface area contributed by atoms with E-state index in [2.05, 4.69) is 63.9 Å². The summed E-state index contributed by atoms with van der Waals surface area (Å²) in [5.74, 6) is 1.56. The van der Waals surface area contributed by atoms with E-state index < -0.39 is 0 Å². The standard InChI is InChI=1S/C20H24N6.HI/c1-3-21-20(25-15(2)17-9-5-4-6-10-17)22-13-16-8-7-11-18(12-16)19-23-14-24-26-19;/h4-12,14-15H,3,13H2,1-2H3,(H2,21,22,25)(H,23,24,26);1H. The lowest BCUT2D eigenvalue weighted by molar-refractivity contribution is 0.686. The molecule has 0 fully saturated rings. The van der Waals surface area contributed by atoms with Crippen molar-refractivity contribution < 1.29 is 0 Å². The number of rotatable bonds is 6. The number of benzene rings is 2. The number of H-pyrrole nitrogens is 1. The predicted octanol–water partition coefficient (Wildman–Crippen LogP) is 3.91. The van der Waals surface area contributed by atoms with Crippen LogP contribution < -0.4 is 10.6 Å². The van der Waals surface area contributed by atoms with E-state index in [0.717, 1.165) is 29.5 Å². The monoisotopic (exact) mass is 476 g/mol. The Morgan fingerprint density at radius 3 is 2.67 bits per heavy atom. The molecule has 7 heteroatoms. The van der Waals surface area contributed by atoms with E-state index in [1.54, 1.807) is 0 Å². The van der Waals surface area contributed by atoms with Crippen molar-refractivity contribution in [3.8, 4) is 11.4 Å². The summed E-state index contributed by atoms with van der Waals surface area (Å²) in [6.45, 7) is 5.59.